The Morgan fingerprint density at radius 1 is 1.37 bits per heavy atom. The van der Waals surface area contributed by atoms with Gasteiger partial charge in [0, 0.05) is 33.1 Å². The third-order valence-electron chi connectivity index (χ3n) is 4.44. The summed E-state index contributed by atoms with van der Waals surface area (Å²) in [5.74, 6) is -1.48. The highest BCUT2D eigenvalue weighted by atomic mass is 19.1. The van der Waals surface area contributed by atoms with Crippen molar-refractivity contribution in [2.75, 3.05) is 26.1 Å². The molecule has 1 aromatic heterocycles. The van der Waals surface area contributed by atoms with E-state index in [1.807, 2.05) is 0 Å². The second-order valence-electron chi connectivity index (χ2n) is 6.40. The Morgan fingerprint density at radius 3 is 2.78 bits per heavy atom. The minimum atomic E-state index is -1.00. The van der Waals surface area contributed by atoms with Gasteiger partial charge in [-0.1, -0.05) is 12.1 Å². The summed E-state index contributed by atoms with van der Waals surface area (Å²) in [5, 5.41) is 0. The van der Waals surface area contributed by atoms with Crippen LogP contribution in [0.3, 0.4) is 0 Å². The Labute approximate surface area is 154 Å². The van der Waals surface area contributed by atoms with Crippen LogP contribution in [0.25, 0.3) is 0 Å². The average molecular weight is 374 g/mol. The smallest absolute Gasteiger partial charge is 0.328 e. The molecule has 1 aliphatic rings. The Hall–Kier alpha value is -3.23. The number of carbonyl (C=O) groups excluding carboxylic acids is 2. The van der Waals surface area contributed by atoms with Gasteiger partial charge in [0.1, 0.15) is 17.6 Å². The number of esters is 1. The van der Waals surface area contributed by atoms with Crippen molar-refractivity contribution < 1.29 is 18.7 Å². The molecule has 3 rings (SSSR count). The van der Waals surface area contributed by atoms with Crippen LogP contribution in [0.4, 0.5) is 10.3 Å². The third-order valence-corrected chi connectivity index (χ3v) is 4.44. The van der Waals surface area contributed by atoms with E-state index in [2.05, 4.69) is 9.97 Å². The first-order chi connectivity index (χ1) is 12.8. The van der Waals surface area contributed by atoms with Gasteiger partial charge in [-0.3, -0.25) is 14.6 Å². The van der Waals surface area contributed by atoms with Crippen LogP contribution in [0, 0.1) is 5.82 Å². The lowest BCUT2D eigenvalue weighted by atomic mass is 9.93. The van der Waals surface area contributed by atoms with Crippen molar-refractivity contribution in [3.8, 4) is 0 Å². The second kappa shape index (κ2) is 7.18. The lowest BCUT2D eigenvalue weighted by Crippen LogP contribution is -2.49. The number of hydrogen-bond donors (Lipinski definition) is 1. The van der Waals surface area contributed by atoms with E-state index in [1.54, 1.807) is 31.1 Å². The SMILES string of the molecule is COC(=O)C1Cc2c(F)cccc2CN1C(=O)c1cc(=O)[nH]c(N(C)C)n1. The number of halogens is 1. The van der Waals surface area contributed by atoms with E-state index in [9.17, 15) is 18.8 Å². The Balaban J connectivity index is 2.04. The first kappa shape index (κ1) is 18.6. The van der Waals surface area contributed by atoms with Crippen molar-refractivity contribution in [1.82, 2.24) is 14.9 Å². The molecule has 1 unspecified atom stereocenters. The fourth-order valence-electron chi connectivity index (χ4n) is 3.05. The molecule has 2 aromatic rings. The highest BCUT2D eigenvalue weighted by Gasteiger charge is 2.37. The average Bonchev–Trinajstić information content (AvgIpc) is 2.65. The highest BCUT2D eigenvalue weighted by Crippen LogP contribution is 2.27. The highest BCUT2D eigenvalue weighted by molar-refractivity contribution is 5.95. The zero-order chi connectivity index (χ0) is 19.7. The number of aromatic amines is 1. The van der Waals surface area contributed by atoms with Crippen molar-refractivity contribution in [2.24, 2.45) is 0 Å². The summed E-state index contributed by atoms with van der Waals surface area (Å²) in [6.45, 7) is 0.0114. The molecule has 8 nitrogen and oxygen atoms in total. The fourth-order valence-corrected chi connectivity index (χ4v) is 3.05. The van der Waals surface area contributed by atoms with E-state index in [0.29, 0.717) is 11.1 Å². The van der Waals surface area contributed by atoms with Crippen molar-refractivity contribution in [1.29, 1.82) is 0 Å². The number of methoxy groups -OCH3 is 1. The molecule has 142 valence electrons. The predicted molar refractivity (Wildman–Crippen MR) is 95.0 cm³/mol. The quantitative estimate of drug-likeness (QED) is 0.796. The van der Waals surface area contributed by atoms with Gasteiger partial charge in [-0.2, -0.15) is 0 Å². The van der Waals surface area contributed by atoms with Gasteiger partial charge in [0.05, 0.1) is 7.11 Å². The topological polar surface area (TPSA) is 95.6 Å². The van der Waals surface area contributed by atoms with Gasteiger partial charge in [-0.05, 0) is 17.2 Å². The van der Waals surface area contributed by atoms with Crippen LogP contribution >= 0.6 is 0 Å². The second-order valence-corrected chi connectivity index (χ2v) is 6.40. The Bertz CT molecular complexity index is 957. The molecular weight excluding hydrogens is 355 g/mol. The summed E-state index contributed by atoms with van der Waals surface area (Å²) in [6, 6.07) is 4.63. The summed E-state index contributed by atoms with van der Waals surface area (Å²) in [5.41, 5.74) is 0.386. The lowest BCUT2D eigenvalue weighted by Gasteiger charge is -2.35. The van der Waals surface area contributed by atoms with Crippen molar-refractivity contribution in [3.05, 3.63) is 57.3 Å². The first-order valence-electron chi connectivity index (χ1n) is 8.25. The maximum Gasteiger partial charge on any atom is 0.328 e. The van der Waals surface area contributed by atoms with Gasteiger partial charge in [0.25, 0.3) is 11.5 Å². The van der Waals surface area contributed by atoms with Crippen molar-refractivity contribution >= 4 is 17.8 Å². The minimum Gasteiger partial charge on any atom is -0.467 e. The molecule has 9 heteroatoms. The zero-order valence-corrected chi connectivity index (χ0v) is 15.2. The number of nitrogens with zero attached hydrogens (tertiary/aromatic N) is 3. The summed E-state index contributed by atoms with van der Waals surface area (Å²) in [6.07, 6.45) is -0.00977. The van der Waals surface area contributed by atoms with E-state index in [-0.39, 0.29) is 24.6 Å². The van der Waals surface area contributed by atoms with Gasteiger partial charge in [-0.15, -0.1) is 0 Å². The maximum absolute atomic E-state index is 14.1. The molecule has 0 fully saturated rings. The maximum atomic E-state index is 14.1. The van der Waals surface area contributed by atoms with Gasteiger partial charge in [0.15, 0.2) is 0 Å². The van der Waals surface area contributed by atoms with Crippen LogP contribution in [0.1, 0.15) is 21.6 Å². The third kappa shape index (κ3) is 3.53. The standard InChI is InChI=1S/C18H19FN4O4/c1-22(2)18-20-13(8-15(24)21-18)16(25)23-9-10-5-4-6-12(19)11(10)7-14(23)17(26)27-3/h4-6,8,14H,7,9H2,1-3H3,(H,20,21,24). The molecule has 0 saturated heterocycles. The first-order valence-corrected chi connectivity index (χ1v) is 8.25. The van der Waals surface area contributed by atoms with Crippen LogP contribution in [-0.2, 0) is 22.5 Å². The van der Waals surface area contributed by atoms with Crippen LogP contribution in [-0.4, -0.2) is 54.0 Å². The van der Waals surface area contributed by atoms with Gasteiger partial charge >= 0.3 is 5.97 Å². The zero-order valence-electron chi connectivity index (χ0n) is 15.2. The van der Waals surface area contributed by atoms with Crippen LogP contribution in [0.5, 0.6) is 0 Å². The van der Waals surface area contributed by atoms with E-state index >= 15 is 0 Å². The summed E-state index contributed by atoms with van der Waals surface area (Å²) >= 11 is 0. The molecular formula is C18H19FN4O4. The van der Waals surface area contributed by atoms with Crippen LogP contribution in [0.2, 0.25) is 0 Å². The summed E-state index contributed by atoms with van der Waals surface area (Å²) in [4.78, 5) is 46.7. The number of carbonyl (C=O) groups is 2. The minimum absolute atomic E-state index is 0.00977. The van der Waals surface area contributed by atoms with Gasteiger partial charge in [0.2, 0.25) is 5.95 Å². The van der Waals surface area contributed by atoms with E-state index in [1.165, 1.54) is 18.1 Å². The predicted octanol–water partition coefficient (Wildman–Crippen LogP) is 0.715. The van der Waals surface area contributed by atoms with Crippen LogP contribution < -0.4 is 10.5 Å². The molecule has 0 aliphatic carbocycles. The lowest BCUT2D eigenvalue weighted by molar-refractivity contribution is -0.146. The van der Waals surface area contributed by atoms with Crippen molar-refractivity contribution in [3.63, 3.8) is 0 Å². The number of nitrogens with one attached hydrogen (secondary N) is 1. The molecule has 27 heavy (non-hydrogen) atoms. The molecule has 1 amide bonds. The van der Waals surface area contributed by atoms with E-state index in [4.69, 9.17) is 4.74 Å². The molecule has 0 radical (unpaired) electrons. The van der Waals surface area contributed by atoms with Crippen molar-refractivity contribution in [2.45, 2.75) is 19.0 Å². The Kier molecular flexibility index (Phi) is 4.93. The number of benzene rings is 1. The monoisotopic (exact) mass is 374 g/mol. The normalized spacial score (nSPS) is 15.9. The molecule has 1 N–H and O–H groups in total. The number of H-pyrrole nitrogens is 1. The van der Waals surface area contributed by atoms with Gasteiger partial charge in [-0.25, -0.2) is 14.2 Å². The molecule has 0 saturated carbocycles. The van der Waals surface area contributed by atoms with Crippen LogP contribution in [0.15, 0.2) is 29.1 Å². The number of amides is 1. The number of anilines is 1. The largest absolute Gasteiger partial charge is 0.467 e. The molecule has 0 spiro atoms. The number of fused-ring (bicyclic) bond motifs is 1. The molecule has 1 aromatic carbocycles. The van der Waals surface area contributed by atoms with E-state index < -0.39 is 29.3 Å². The molecule has 1 aliphatic heterocycles. The summed E-state index contributed by atoms with van der Waals surface area (Å²) < 4.78 is 18.9. The van der Waals surface area contributed by atoms with Gasteiger partial charge < -0.3 is 14.5 Å². The number of ether oxygens (including phenoxy) is 1. The Morgan fingerprint density at radius 2 is 2.11 bits per heavy atom. The summed E-state index contributed by atoms with van der Waals surface area (Å²) in [7, 11) is 4.55. The molecule has 2 heterocycles. The number of rotatable bonds is 3. The number of aromatic nitrogens is 2. The molecule has 0 bridgehead atoms. The number of hydrogen-bond acceptors (Lipinski definition) is 6. The van der Waals surface area contributed by atoms with E-state index in [0.717, 1.165) is 6.07 Å². The fraction of sp³-hybridized carbons (Fsp3) is 0.333. The molecule has 1 atom stereocenters.